The zero-order chi connectivity index (χ0) is 61.9. The lowest BCUT2D eigenvalue weighted by molar-refractivity contribution is -0.0500. The standard InChI is InChI=1S/C15H18F3NO3S.C15H18N2.C14H18N2O.C14H19NO.C13H17NO/c1-19-12-5-6-13(19)8-11(7-12)10-3-2-4-14(9-10)22-23(20,21)15(16,17)18;1-17-14-5-6-15(17)9-13(8-14)12-4-2-3-11(7-12)10-16;15-14(17)10-3-1-2-9(6-10)11-7-12-4-5-13(8-11)16-12;1-15-12-5-6-13(15)8-11(7-12)10-3-2-4-14(16)9-10;15-13-3-1-2-9(8-13)10-6-11-4-5-12(7-10)14-11/h2-4,9,11-13H,5-8H2,1H3;2-4,7,13-15H,5-6,8-9H2,1H3;1-3,6,11-13,16H,4-5,7-8H2,(H2,15,17);2-4,9,11-13,16H,5-8H2,1H3;1-3,8,10-12,14-15H,4-7H2/t11?,12-,13+;13?,14-,15+;2*11?,12-,13+;10?,11-,12+. The molecule has 10 heterocycles. The molecule has 0 saturated carbocycles. The molecule has 88 heavy (non-hydrogen) atoms. The summed E-state index contributed by atoms with van der Waals surface area (Å²) in [5.74, 6) is 2.97. The maximum atomic E-state index is 12.4. The van der Waals surface area contributed by atoms with Crippen molar-refractivity contribution in [2.45, 2.75) is 224 Å². The Morgan fingerprint density at radius 1 is 0.500 bits per heavy atom. The summed E-state index contributed by atoms with van der Waals surface area (Å²) in [6, 6.07) is 46.7. The van der Waals surface area contributed by atoms with Crippen molar-refractivity contribution in [1.82, 2.24) is 25.3 Å². The number of phenols is 2. The highest BCUT2D eigenvalue weighted by Crippen LogP contribution is 2.46. The van der Waals surface area contributed by atoms with E-state index in [4.69, 9.17) is 11.0 Å². The molecule has 0 radical (unpaired) electrons. The Balaban J connectivity index is 0.000000115. The fraction of sp³-hybridized carbons (Fsp3) is 0.549. The Morgan fingerprint density at radius 2 is 0.830 bits per heavy atom. The van der Waals surface area contributed by atoms with Gasteiger partial charge in [0, 0.05) is 66.0 Å². The van der Waals surface area contributed by atoms with Crippen LogP contribution in [0, 0.1) is 11.3 Å². The first-order valence-corrected chi connectivity index (χ1v) is 33.9. The van der Waals surface area contributed by atoms with Gasteiger partial charge in [0.1, 0.15) is 17.2 Å². The summed E-state index contributed by atoms with van der Waals surface area (Å²) >= 11 is 0. The lowest BCUT2D eigenvalue weighted by Crippen LogP contribution is -2.39. The third kappa shape index (κ3) is 15.2. The normalized spacial score (nSPS) is 31.9. The molecule has 13 nitrogen and oxygen atoms in total. The van der Waals surface area contributed by atoms with E-state index in [1.807, 2.05) is 54.6 Å². The van der Waals surface area contributed by atoms with Gasteiger partial charge >= 0.3 is 15.6 Å². The predicted molar refractivity (Wildman–Crippen MR) is 338 cm³/mol. The SMILES string of the molecule is CN1[C@@H]2CC[C@H]1CC(c1cccc(C#N)c1)C2.CN1[C@@H]2CC[C@H]1CC(c1cccc(O)c1)C2.CN1[C@@H]2CC[C@H]1CC(c1cccc(OS(=O)(=O)C(F)(F)F)c1)C2.NC(=O)c1cccc(C2C[C@H]3CC[C@@H](C2)N3)c1.Oc1cccc(C2C[C@H]3CC[C@@H](C2)N3)c1. The Morgan fingerprint density at radius 3 is 1.19 bits per heavy atom. The Kier molecular flexibility index (Phi) is 20.0. The molecule has 6 N–H and O–H groups in total. The fourth-order valence-corrected chi connectivity index (χ4v) is 17.5. The zero-order valence-corrected chi connectivity index (χ0v) is 52.1. The number of piperidine rings is 5. The van der Waals surface area contributed by atoms with E-state index in [1.165, 1.54) is 143 Å². The molecule has 15 rings (SSSR count). The summed E-state index contributed by atoms with van der Waals surface area (Å²) in [4.78, 5) is 18.7. The number of alkyl halides is 3. The summed E-state index contributed by atoms with van der Waals surface area (Å²) in [5, 5.41) is 35.2. The highest BCUT2D eigenvalue weighted by molar-refractivity contribution is 7.88. The first kappa shape index (κ1) is 63.6. The predicted octanol–water partition coefficient (Wildman–Crippen LogP) is 13.1. The van der Waals surface area contributed by atoms with E-state index in [1.54, 1.807) is 18.2 Å². The number of nitriles is 1. The van der Waals surface area contributed by atoms with Crippen LogP contribution >= 0.6 is 0 Å². The van der Waals surface area contributed by atoms with Crippen LogP contribution in [0.15, 0.2) is 121 Å². The minimum absolute atomic E-state index is 0.223. The quantitative estimate of drug-likeness (QED) is 0.0733. The second kappa shape index (κ2) is 27.6. The van der Waals surface area contributed by atoms with Crippen LogP contribution in [0.3, 0.4) is 0 Å². The smallest absolute Gasteiger partial charge is 0.508 e. The average molecular weight is 1230 g/mol. The van der Waals surface area contributed by atoms with Crippen molar-refractivity contribution in [3.8, 4) is 23.3 Å². The number of rotatable bonds is 8. The largest absolute Gasteiger partial charge is 0.534 e. The van der Waals surface area contributed by atoms with Gasteiger partial charge < -0.3 is 45.5 Å². The van der Waals surface area contributed by atoms with E-state index < -0.39 is 15.6 Å². The van der Waals surface area contributed by atoms with Crippen molar-refractivity contribution >= 4 is 16.0 Å². The maximum absolute atomic E-state index is 12.4. The summed E-state index contributed by atoms with van der Waals surface area (Å²) in [6.07, 6.45) is 24.7. The highest BCUT2D eigenvalue weighted by atomic mass is 32.2. The number of benzene rings is 5. The van der Waals surface area contributed by atoms with Gasteiger partial charge in [-0.1, -0.05) is 60.7 Å². The van der Waals surface area contributed by atoms with E-state index in [2.05, 4.69) is 87.1 Å². The number of amides is 1. The topological polar surface area (TPSA) is 184 Å². The number of carbonyl (C=O) groups excluding carboxylic acids is 1. The van der Waals surface area contributed by atoms with Gasteiger partial charge in [-0.05, 0) is 268 Å². The summed E-state index contributed by atoms with van der Waals surface area (Å²) < 4.78 is 63.7. The van der Waals surface area contributed by atoms with E-state index in [0.717, 1.165) is 73.1 Å². The van der Waals surface area contributed by atoms with Crippen LogP contribution in [0.2, 0.25) is 0 Å². The number of nitrogens with one attached hydrogen (secondary N) is 2. The van der Waals surface area contributed by atoms with Gasteiger partial charge in [0.15, 0.2) is 0 Å². The van der Waals surface area contributed by atoms with Gasteiger partial charge in [0.2, 0.25) is 5.91 Å². The Bertz CT molecular complexity index is 3300. The van der Waals surface area contributed by atoms with Crippen LogP contribution in [0.25, 0.3) is 0 Å². The number of nitrogens with zero attached hydrogens (tertiary/aromatic N) is 4. The first-order chi connectivity index (χ1) is 42.2. The van der Waals surface area contributed by atoms with Crippen molar-refractivity contribution in [2.75, 3.05) is 21.1 Å². The van der Waals surface area contributed by atoms with Crippen LogP contribution in [0.4, 0.5) is 13.2 Å². The molecule has 5 aromatic carbocycles. The number of phenolic OH excluding ortho intramolecular Hbond substituents is 2. The van der Waals surface area contributed by atoms with E-state index >= 15 is 0 Å². The molecule has 472 valence electrons. The molecule has 15 atom stereocenters. The number of aromatic hydroxyl groups is 2. The average Bonchev–Trinajstić information content (AvgIpc) is 4.35. The number of hydrogen-bond acceptors (Lipinski definition) is 12. The minimum atomic E-state index is -5.62. The lowest BCUT2D eigenvalue weighted by Gasteiger charge is -2.36. The van der Waals surface area contributed by atoms with E-state index in [9.17, 15) is 36.6 Å². The number of fused-ring (bicyclic) bond motifs is 10. The second-order valence-corrected chi connectivity index (χ2v) is 28.8. The molecule has 10 saturated heterocycles. The molecule has 5 unspecified atom stereocenters. The highest BCUT2D eigenvalue weighted by Gasteiger charge is 2.49. The summed E-state index contributed by atoms with van der Waals surface area (Å²) in [5.41, 5.74) is 7.46. The number of halogens is 3. The van der Waals surface area contributed by atoms with Gasteiger partial charge in [-0.15, -0.1) is 0 Å². The number of carbonyl (C=O) groups is 1. The van der Waals surface area contributed by atoms with Gasteiger partial charge in [-0.3, -0.25) is 4.79 Å². The van der Waals surface area contributed by atoms with Crippen LogP contribution in [0.5, 0.6) is 17.2 Å². The molecular formula is C71H90F3N7O6S. The Labute approximate surface area is 519 Å². The molecule has 5 aromatic rings. The fourth-order valence-electron chi connectivity index (χ4n) is 17.1. The van der Waals surface area contributed by atoms with Crippen molar-refractivity contribution in [1.29, 1.82) is 5.26 Å². The number of primary amides is 1. The van der Waals surface area contributed by atoms with Gasteiger partial charge in [-0.25, -0.2) is 0 Å². The Hall–Kier alpha value is -6.00. The van der Waals surface area contributed by atoms with Crippen molar-refractivity contribution in [2.24, 2.45) is 5.73 Å². The first-order valence-electron chi connectivity index (χ1n) is 32.5. The van der Waals surface area contributed by atoms with Crippen LogP contribution < -0.4 is 20.6 Å². The van der Waals surface area contributed by atoms with Crippen molar-refractivity contribution in [3.05, 3.63) is 160 Å². The molecule has 1 amide bonds. The van der Waals surface area contributed by atoms with Crippen LogP contribution in [-0.4, -0.2) is 126 Å². The molecule has 10 bridgehead atoms. The zero-order valence-electron chi connectivity index (χ0n) is 51.3. The monoisotopic (exact) mass is 1230 g/mol. The van der Waals surface area contributed by atoms with Crippen LogP contribution in [0.1, 0.15) is 202 Å². The van der Waals surface area contributed by atoms with Crippen LogP contribution in [-0.2, 0) is 10.1 Å². The molecule has 17 heteroatoms. The maximum Gasteiger partial charge on any atom is 0.534 e. The van der Waals surface area contributed by atoms with Gasteiger partial charge in [0.05, 0.1) is 11.6 Å². The van der Waals surface area contributed by atoms with Gasteiger partial charge in [-0.2, -0.15) is 26.9 Å². The third-order valence-corrected chi connectivity index (χ3v) is 22.9. The molecule has 0 aromatic heterocycles. The molecule has 10 aliphatic heterocycles. The lowest BCUT2D eigenvalue weighted by atomic mass is 9.85. The second-order valence-electron chi connectivity index (χ2n) is 27.2. The minimum Gasteiger partial charge on any atom is -0.508 e. The van der Waals surface area contributed by atoms with Crippen molar-refractivity contribution < 1.29 is 40.8 Å². The summed E-state index contributed by atoms with van der Waals surface area (Å²) in [6.45, 7) is 0. The van der Waals surface area contributed by atoms with Crippen molar-refractivity contribution in [3.63, 3.8) is 0 Å². The summed E-state index contributed by atoms with van der Waals surface area (Å²) in [7, 11) is 1.01. The number of hydrogen-bond donors (Lipinski definition) is 5. The molecule has 10 aliphatic rings. The third-order valence-electron chi connectivity index (χ3n) is 21.9. The van der Waals surface area contributed by atoms with E-state index in [-0.39, 0.29) is 17.6 Å². The molecule has 10 fully saturated rings. The van der Waals surface area contributed by atoms with Gasteiger partial charge in [0.25, 0.3) is 0 Å². The molecule has 0 spiro atoms. The van der Waals surface area contributed by atoms with E-state index in [0.29, 0.717) is 64.9 Å². The molecular weight excluding hydrogens is 1140 g/mol. The number of nitrogens with two attached hydrogens (primary N) is 1. The molecule has 0 aliphatic carbocycles.